The lowest BCUT2D eigenvalue weighted by Gasteiger charge is -2.11. The van der Waals surface area contributed by atoms with Crippen LogP contribution in [0.2, 0.25) is 0 Å². The van der Waals surface area contributed by atoms with Crippen molar-refractivity contribution in [2.75, 3.05) is 18.5 Å². The van der Waals surface area contributed by atoms with Crippen LogP contribution in [-0.4, -0.2) is 44.1 Å². The van der Waals surface area contributed by atoms with Crippen LogP contribution in [0, 0.1) is 6.92 Å². The van der Waals surface area contributed by atoms with Gasteiger partial charge in [0.15, 0.2) is 5.65 Å². The first kappa shape index (κ1) is 10.8. The molecule has 2 aromatic rings. The van der Waals surface area contributed by atoms with Gasteiger partial charge in [-0.15, -0.1) is 0 Å². The van der Waals surface area contributed by atoms with Crippen molar-refractivity contribution < 1.29 is 10.2 Å². The van der Waals surface area contributed by atoms with Gasteiger partial charge in [0.25, 0.3) is 0 Å². The topological polar surface area (TPSA) is 82.7 Å². The number of hydrogen-bond acceptors (Lipinski definition) is 5. The third kappa shape index (κ3) is 2.12. The highest BCUT2D eigenvalue weighted by molar-refractivity contribution is 5.51. The molecule has 16 heavy (non-hydrogen) atoms. The number of rotatable bonds is 4. The van der Waals surface area contributed by atoms with Gasteiger partial charge in [-0.2, -0.15) is 9.61 Å². The van der Waals surface area contributed by atoms with Gasteiger partial charge >= 0.3 is 0 Å². The molecule has 0 radical (unpaired) electrons. The molecule has 0 aliphatic rings. The quantitative estimate of drug-likeness (QED) is 0.667. The number of hydrogen-bond donors (Lipinski definition) is 3. The highest BCUT2D eigenvalue weighted by Gasteiger charge is 2.06. The molecule has 1 atom stereocenters. The Labute approximate surface area is 92.6 Å². The summed E-state index contributed by atoms with van der Waals surface area (Å²) in [7, 11) is 0. The standard InChI is InChI=1S/C10H14N4O2/c1-7-2-9(11-4-8(16)5-15)14-10(3-7)12-6-13-14/h2-3,6,8,11,15-16H,4-5H2,1H3. The molecule has 0 fully saturated rings. The summed E-state index contributed by atoms with van der Waals surface area (Å²) < 4.78 is 1.65. The Bertz CT molecular complexity index is 483. The van der Waals surface area contributed by atoms with Crippen LogP contribution in [0.1, 0.15) is 5.56 Å². The zero-order valence-corrected chi connectivity index (χ0v) is 8.96. The summed E-state index contributed by atoms with van der Waals surface area (Å²) in [5, 5.41) is 25.0. The molecule has 0 saturated heterocycles. The second-order valence-electron chi connectivity index (χ2n) is 3.67. The number of fused-ring (bicyclic) bond motifs is 1. The number of aromatic nitrogens is 3. The van der Waals surface area contributed by atoms with E-state index < -0.39 is 6.10 Å². The van der Waals surface area contributed by atoms with Crippen LogP contribution in [0.25, 0.3) is 5.65 Å². The van der Waals surface area contributed by atoms with Crippen molar-refractivity contribution in [3.8, 4) is 0 Å². The first-order valence-corrected chi connectivity index (χ1v) is 5.04. The average molecular weight is 222 g/mol. The SMILES string of the molecule is Cc1cc(NCC(O)CO)n2ncnc2c1. The summed E-state index contributed by atoms with van der Waals surface area (Å²) in [6, 6.07) is 3.83. The van der Waals surface area contributed by atoms with E-state index in [9.17, 15) is 5.11 Å². The van der Waals surface area contributed by atoms with E-state index in [0.29, 0.717) is 0 Å². The van der Waals surface area contributed by atoms with E-state index in [1.165, 1.54) is 6.33 Å². The predicted molar refractivity (Wildman–Crippen MR) is 59.3 cm³/mol. The molecule has 6 nitrogen and oxygen atoms in total. The molecule has 2 rings (SSSR count). The normalized spacial score (nSPS) is 12.9. The molecule has 6 heteroatoms. The Morgan fingerprint density at radius 1 is 1.50 bits per heavy atom. The Hall–Kier alpha value is -1.66. The summed E-state index contributed by atoms with van der Waals surface area (Å²) in [6.45, 7) is 1.97. The number of aliphatic hydroxyl groups excluding tert-OH is 2. The molecular formula is C10H14N4O2. The molecule has 3 N–H and O–H groups in total. The van der Waals surface area contributed by atoms with Crippen molar-refractivity contribution in [3.63, 3.8) is 0 Å². The maximum Gasteiger partial charge on any atom is 0.157 e. The van der Waals surface area contributed by atoms with Gasteiger partial charge in [-0.25, -0.2) is 4.98 Å². The molecule has 2 aromatic heterocycles. The number of pyridine rings is 1. The number of aryl methyl sites for hydroxylation is 1. The second kappa shape index (κ2) is 4.46. The van der Waals surface area contributed by atoms with Crippen molar-refractivity contribution in [1.82, 2.24) is 14.6 Å². The summed E-state index contributed by atoms with van der Waals surface area (Å²) >= 11 is 0. The minimum absolute atomic E-state index is 0.265. The van der Waals surface area contributed by atoms with Crippen LogP contribution in [0.5, 0.6) is 0 Å². The summed E-state index contributed by atoms with van der Waals surface area (Å²) in [5.41, 5.74) is 1.81. The second-order valence-corrected chi connectivity index (χ2v) is 3.67. The van der Waals surface area contributed by atoms with Gasteiger partial charge < -0.3 is 15.5 Å². The van der Waals surface area contributed by atoms with Gasteiger partial charge in [0.05, 0.1) is 12.7 Å². The van der Waals surface area contributed by atoms with Crippen molar-refractivity contribution >= 4 is 11.5 Å². The largest absolute Gasteiger partial charge is 0.394 e. The molecule has 0 aliphatic carbocycles. The van der Waals surface area contributed by atoms with E-state index >= 15 is 0 Å². The van der Waals surface area contributed by atoms with E-state index in [1.807, 2.05) is 19.1 Å². The van der Waals surface area contributed by atoms with Gasteiger partial charge in [0, 0.05) is 6.54 Å². The highest BCUT2D eigenvalue weighted by Crippen LogP contribution is 2.12. The maximum absolute atomic E-state index is 9.25. The van der Waals surface area contributed by atoms with Gasteiger partial charge in [0.2, 0.25) is 0 Å². The summed E-state index contributed by atoms with van der Waals surface area (Å²) in [6.07, 6.45) is 0.696. The van der Waals surface area contributed by atoms with Gasteiger partial charge in [0.1, 0.15) is 12.1 Å². The van der Waals surface area contributed by atoms with E-state index in [-0.39, 0.29) is 13.2 Å². The molecule has 0 aromatic carbocycles. The molecule has 0 amide bonds. The lowest BCUT2D eigenvalue weighted by molar-refractivity contribution is 0.105. The Morgan fingerprint density at radius 2 is 2.31 bits per heavy atom. The number of aliphatic hydroxyl groups is 2. The molecule has 1 unspecified atom stereocenters. The molecular weight excluding hydrogens is 208 g/mol. The smallest absolute Gasteiger partial charge is 0.157 e. The van der Waals surface area contributed by atoms with E-state index in [0.717, 1.165) is 17.0 Å². The third-order valence-corrected chi connectivity index (χ3v) is 2.25. The number of nitrogens with zero attached hydrogens (tertiary/aromatic N) is 3. The molecule has 0 saturated carbocycles. The summed E-state index contributed by atoms with van der Waals surface area (Å²) in [4.78, 5) is 4.09. The first-order valence-electron chi connectivity index (χ1n) is 5.04. The minimum Gasteiger partial charge on any atom is -0.394 e. The minimum atomic E-state index is -0.779. The van der Waals surface area contributed by atoms with Crippen molar-refractivity contribution in [2.45, 2.75) is 13.0 Å². The van der Waals surface area contributed by atoms with Crippen molar-refractivity contribution in [2.24, 2.45) is 0 Å². The van der Waals surface area contributed by atoms with Crippen LogP contribution < -0.4 is 5.32 Å². The fourth-order valence-corrected chi connectivity index (χ4v) is 1.47. The monoisotopic (exact) mass is 222 g/mol. The highest BCUT2D eigenvalue weighted by atomic mass is 16.3. The Morgan fingerprint density at radius 3 is 3.06 bits per heavy atom. The molecule has 0 aliphatic heterocycles. The van der Waals surface area contributed by atoms with E-state index in [1.54, 1.807) is 4.52 Å². The van der Waals surface area contributed by atoms with Crippen LogP contribution in [0.4, 0.5) is 5.82 Å². The Balaban J connectivity index is 2.25. The predicted octanol–water partition coefficient (Wildman–Crippen LogP) is -0.197. The maximum atomic E-state index is 9.25. The summed E-state index contributed by atoms with van der Waals surface area (Å²) in [5.74, 6) is 0.750. The van der Waals surface area contributed by atoms with Crippen molar-refractivity contribution in [3.05, 3.63) is 24.0 Å². The lowest BCUT2D eigenvalue weighted by Crippen LogP contribution is -2.24. The van der Waals surface area contributed by atoms with Crippen LogP contribution in [0.3, 0.4) is 0 Å². The van der Waals surface area contributed by atoms with Gasteiger partial charge in [-0.05, 0) is 24.6 Å². The Kier molecular flexibility index (Phi) is 3.02. The van der Waals surface area contributed by atoms with Gasteiger partial charge in [-0.1, -0.05) is 0 Å². The van der Waals surface area contributed by atoms with Crippen molar-refractivity contribution in [1.29, 1.82) is 0 Å². The molecule has 2 heterocycles. The molecule has 0 spiro atoms. The third-order valence-electron chi connectivity index (χ3n) is 2.25. The van der Waals surface area contributed by atoms with Crippen LogP contribution >= 0.6 is 0 Å². The zero-order valence-electron chi connectivity index (χ0n) is 8.96. The van der Waals surface area contributed by atoms with E-state index in [4.69, 9.17) is 5.11 Å². The fourth-order valence-electron chi connectivity index (χ4n) is 1.47. The lowest BCUT2D eigenvalue weighted by atomic mass is 10.3. The van der Waals surface area contributed by atoms with Crippen LogP contribution in [-0.2, 0) is 0 Å². The van der Waals surface area contributed by atoms with Gasteiger partial charge in [-0.3, -0.25) is 0 Å². The zero-order chi connectivity index (χ0) is 11.5. The number of anilines is 1. The number of nitrogens with one attached hydrogen (secondary N) is 1. The first-order chi connectivity index (χ1) is 7.70. The van der Waals surface area contributed by atoms with Crippen LogP contribution in [0.15, 0.2) is 18.5 Å². The molecule has 0 bridgehead atoms. The molecule has 86 valence electrons. The van der Waals surface area contributed by atoms with E-state index in [2.05, 4.69) is 15.4 Å². The fraction of sp³-hybridized carbons (Fsp3) is 0.400. The average Bonchev–Trinajstić information content (AvgIpc) is 2.73.